The molecule has 2 aliphatic rings. The van der Waals surface area contributed by atoms with E-state index in [-0.39, 0.29) is 10.8 Å². The van der Waals surface area contributed by atoms with Gasteiger partial charge in [0.25, 0.3) is 0 Å². The zero-order chi connectivity index (χ0) is 36.7. The highest BCUT2D eigenvalue weighted by Gasteiger charge is 2.39. The van der Waals surface area contributed by atoms with Crippen molar-refractivity contribution in [2.24, 2.45) is 0 Å². The van der Waals surface area contributed by atoms with Crippen LogP contribution in [0.2, 0.25) is 0 Å². The van der Waals surface area contributed by atoms with Crippen molar-refractivity contribution < 1.29 is 0 Å². The van der Waals surface area contributed by atoms with Crippen molar-refractivity contribution in [2.45, 2.75) is 38.5 Å². The van der Waals surface area contributed by atoms with Crippen molar-refractivity contribution in [1.29, 1.82) is 10.7 Å². The van der Waals surface area contributed by atoms with Gasteiger partial charge in [0, 0.05) is 38.6 Å². The smallest absolute Gasteiger partial charge is 0.101 e. The van der Waals surface area contributed by atoms with Crippen molar-refractivity contribution in [1.82, 2.24) is 9.13 Å². The maximum absolute atomic E-state index is 11.1. The molecule has 2 aromatic heterocycles. The summed E-state index contributed by atoms with van der Waals surface area (Å²) in [4.78, 5) is 0. The second-order valence-corrected chi connectivity index (χ2v) is 16.1. The topological polar surface area (TPSA) is 57.5 Å². The van der Waals surface area contributed by atoms with Crippen LogP contribution in [0.4, 0.5) is 0 Å². The van der Waals surface area contributed by atoms with E-state index in [2.05, 4.69) is 170 Å². The lowest BCUT2D eigenvalue weighted by molar-refractivity contribution is 0.661. The molecule has 4 heteroatoms. The lowest BCUT2D eigenvalue weighted by Gasteiger charge is -2.22. The molecule has 1 N–H and O–H groups in total. The summed E-state index contributed by atoms with van der Waals surface area (Å²) >= 11 is 0. The molecule has 2 aliphatic carbocycles. The molecular formula is C50H36N4. The van der Waals surface area contributed by atoms with E-state index in [1.165, 1.54) is 61.5 Å². The Morgan fingerprint density at radius 1 is 0.500 bits per heavy atom. The Kier molecular flexibility index (Phi) is 5.98. The van der Waals surface area contributed by atoms with E-state index >= 15 is 0 Å². The van der Waals surface area contributed by atoms with Crippen LogP contribution in [0.5, 0.6) is 0 Å². The van der Waals surface area contributed by atoms with Crippen LogP contribution in [0, 0.1) is 16.7 Å². The molecule has 0 saturated carbocycles. The van der Waals surface area contributed by atoms with Gasteiger partial charge in [-0.15, -0.1) is 0 Å². The second-order valence-electron chi connectivity index (χ2n) is 16.1. The van der Waals surface area contributed by atoms with Gasteiger partial charge < -0.3 is 14.5 Å². The van der Waals surface area contributed by atoms with Gasteiger partial charge in [-0.1, -0.05) is 113 Å². The number of para-hydroxylation sites is 2. The van der Waals surface area contributed by atoms with Crippen LogP contribution in [-0.2, 0) is 10.8 Å². The number of hydrogen-bond acceptors (Lipinski definition) is 2. The van der Waals surface area contributed by atoms with E-state index in [1.54, 1.807) is 0 Å². The van der Waals surface area contributed by atoms with Crippen LogP contribution in [0.1, 0.15) is 61.1 Å². The summed E-state index contributed by atoms with van der Waals surface area (Å²) in [6, 6.07) is 50.8. The van der Waals surface area contributed by atoms with Crippen LogP contribution in [0.15, 0.2) is 133 Å². The molecule has 2 heterocycles. The van der Waals surface area contributed by atoms with Gasteiger partial charge in [0.05, 0.1) is 39.0 Å². The molecule has 11 rings (SSSR count). The molecule has 9 aromatic rings. The van der Waals surface area contributed by atoms with Crippen LogP contribution >= 0.6 is 0 Å². The molecule has 0 radical (unpaired) electrons. The lowest BCUT2D eigenvalue weighted by Crippen LogP contribution is -2.15. The van der Waals surface area contributed by atoms with E-state index in [9.17, 15) is 5.26 Å². The van der Waals surface area contributed by atoms with E-state index in [4.69, 9.17) is 5.41 Å². The number of nitriles is 1. The monoisotopic (exact) mass is 692 g/mol. The van der Waals surface area contributed by atoms with Crippen molar-refractivity contribution in [3.63, 3.8) is 0 Å². The first-order valence-electron chi connectivity index (χ1n) is 18.7. The highest BCUT2D eigenvalue weighted by atomic mass is 15.1. The molecule has 0 aliphatic heterocycles. The predicted octanol–water partition coefficient (Wildman–Crippen LogP) is 12.4. The van der Waals surface area contributed by atoms with E-state index in [1.807, 2.05) is 6.07 Å². The number of fused-ring (bicyclic) bond motifs is 12. The van der Waals surface area contributed by atoms with Crippen molar-refractivity contribution in [3.8, 4) is 39.7 Å². The Morgan fingerprint density at radius 2 is 1.02 bits per heavy atom. The molecule has 54 heavy (non-hydrogen) atoms. The molecule has 0 bridgehead atoms. The second kappa shape index (κ2) is 10.5. The van der Waals surface area contributed by atoms with Gasteiger partial charge in [-0.2, -0.15) is 5.26 Å². The molecule has 0 saturated heterocycles. The van der Waals surface area contributed by atoms with E-state index in [0.29, 0.717) is 11.1 Å². The van der Waals surface area contributed by atoms with Crippen LogP contribution < -0.4 is 0 Å². The average Bonchev–Trinajstić information content (AvgIpc) is 3.84. The number of hydrogen-bond donors (Lipinski definition) is 1. The first-order valence-corrected chi connectivity index (χ1v) is 18.7. The Bertz CT molecular complexity index is 3140. The molecule has 0 atom stereocenters. The molecule has 0 amide bonds. The molecule has 4 nitrogen and oxygen atoms in total. The summed E-state index contributed by atoms with van der Waals surface area (Å²) in [5.41, 5.74) is 17.1. The van der Waals surface area contributed by atoms with Gasteiger partial charge in [-0.05, 0) is 98.6 Å². The Hall–Kier alpha value is -6.70. The molecule has 0 spiro atoms. The fraction of sp³-hybridized carbons (Fsp3) is 0.120. The van der Waals surface area contributed by atoms with Gasteiger partial charge in [0.1, 0.15) is 6.07 Å². The maximum Gasteiger partial charge on any atom is 0.101 e. The van der Waals surface area contributed by atoms with Crippen LogP contribution in [0.3, 0.4) is 0 Å². The van der Waals surface area contributed by atoms with Crippen molar-refractivity contribution in [2.75, 3.05) is 0 Å². The number of nitrogens with one attached hydrogen (secondary N) is 1. The normalized spacial score (nSPS) is 14.6. The first-order chi connectivity index (χ1) is 26.2. The van der Waals surface area contributed by atoms with Gasteiger partial charge >= 0.3 is 0 Å². The molecular weight excluding hydrogens is 657 g/mol. The summed E-state index contributed by atoms with van der Waals surface area (Å²) in [6.07, 6.45) is 1.35. The SMILES string of the molecule is CC1(C)c2ccccc2-c2cc3c(cc21)c1cc2c(cc1n3-c1c(C#N)cc(C=N)cc1-n1c3ccccc3c3ccccc31)C(C)(C)c1ccccc1-2. The highest BCUT2D eigenvalue weighted by molar-refractivity contribution is 6.15. The largest absolute Gasteiger partial charge is 0.308 e. The number of benzene rings is 7. The standard InChI is InChI=1S/C50H36N4/c1-49(2)40-18-10-6-14-32(40)36-25-45-38(24-41(36)49)37-23-35-31-13-5-9-17-39(31)50(3,4)42(35)26-46(37)54(45)48-30(28-52)21-29(27-51)22-47(48)53-43-19-11-7-15-33(43)34-16-8-12-20-44(34)53/h5-27,51H,1-4H3. The highest BCUT2D eigenvalue weighted by Crippen LogP contribution is 2.54. The minimum Gasteiger partial charge on any atom is -0.308 e. The summed E-state index contributed by atoms with van der Waals surface area (Å²) in [7, 11) is 0. The zero-order valence-corrected chi connectivity index (χ0v) is 30.6. The Morgan fingerprint density at radius 3 is 1.63 bits per heavy atom. The summed E-state index contributed by atoms with van der Waals surface area (Å²) in [5.74, 6) is 0. The predicted molar refractivity (Wildman–Crippen MR) is 223 cm³/mol. The summed E-state index contributed by atoms with van der Waals surface area (Å²) in [5, 5.41) is 24.1. The Labute approximate surface area is 313 Å². The summed E-state index contributed by atoms with van der Waals surface area (Å²) in [6.45, 7) is 9.33. The van der Waals surface area contributed by atoms with Crippen LogP contribution in [-0.4, -0.2) is 15.3 Å². The minimum atomic E-state index is -0.207. The first kappa shape index (κ1) is 30.9. The molecule has 7 aromatic carbocycles. The van der Waals surface area contributed by atoms with E-state index < -0.39 is 0 Å². The third-order valence-corrected chi connectivity index (χ3v) is 12.6. The third kappa shape index (κ3) is 3.78. The Balaban J connectivity index is 1.35. The maximum atomic E-state index is 11.1. The number of rotatable bonds is 3. The minimum absolute atomic E-state index is 0.169. The van der Waals surface area contributed by atoms with E-state index in [0.717, 1.165) is 44.2 Å². The quantitative estimate of drug-likeness (QED) is 0.184. The molecule has 0 fully saturated rings. The van der Waals surface area contributed by atoms with Crippen molar-refractivity contribution in [3.05, 3.63) is 167 Å². The molecule has 256 valence electrons. The number of nitrogens with zero attached hydrogens (tertiary/aromatic N) is 3. The van der Waals surface area contributed by atoms with Gasteiger partial charge in [0.2, 0.25) is 0 Å². The fourth-order valence-corrected chi connectivity index (χ4v) is 10.0. The van der Waals surface area contributed by atoms with Gasteiger partial charge in [0.15, 0.2) is 0 Å². The van der Waals surface area contributed by atoms with Crippen molar-refractivity contribution >= 4 is 49.8 Å². The zero-order valence-electron chi connectivity index (χ0n) is 30.6. The average molecular weight is 693 g/mol. The lowest BCUT2D eigenvalue weighted by atomic mass is 9.81. The van der Waals surface area contributed by atoms with Gasteiger partial charge in [-0.3, -0.25) is 0 Å². The summed E-state index contributed by atoms with van der Waals surface area (Å²) < 4.78 is 4.66. The fourth-order valence-electron chi connectivity index (χ4n) is 10.0. The number of aromatic nitrogens is 2. The van der Waals surface area contributed by atoms with Gasteiger partial charge in [-0.25, -0.2) is 0 Å². The third-order valence-electron chi connectivity index (χ3n) is 12.6. The molecule has 0 unspecified atom stereocenters. The van der Waals surface area contributed by atoms with Crippen LogP contribution in [0.25, 0.3) is 77.2 Å².